The van der Waals surface area contributed by atoms with Crippen LogP contribution in [0.2, 0.25) is 0 Å². The fourth-order valence-electron chi connectivity index (χ4n) is 1.60. The maximum atomic E-state index is 11.2. The number of fused-ring (bicyclic) bond motifs is 1. The number of nitro groups is 1. The minimum Gasteiger partial charge on any atom is -0.316 e. The van der Waals surface area contributed by atoms with Crippen molar-refractivity contribution >= 4 is 16.7 Å². The Bertz CT molecular complexity index is 742. The molecule has 2 N–H and O–H groups in total. The van der Waals surface area contributed by atoms with Crippen LogP contribution < -0.4 is 11.1 Å². The molecule has 7 heteroatoms. The normalized spacial score (nSPS) is 10.7. The van der Waals surface area contributed by atoms with E-state index in [0.717, 1.165) is 0 Å². The van der Waals surface area contributed by atoms with Gasteiger partial charge in [-0.2, -0.15) is 0 Å². The van der Waals surface area contributed by atoms with Gasteiger partial charge in [0.2, 0.25) is 0 Å². The summed E-state index contributed by atoms with van der Waals surface area (Å²) in [7, 11) is 0. The molecule has 0 aliphatic rings. The van der Waals surface area contributed by atoms with Crippen molar-refractivity contribution in [2.75, 3.05) is 0 Å². The zero-order valence-corrected chi connectivity index (χ0v) is 8.86. The van der Waals surface area contributed by atoms with Crippen molar-refractivity contribution in [3.8, 4) is 0 Å². The van der Waals surface area contributed by atoms with Crippen LogP contribution in [0, 0.1) is 24.0 Å². The van der Waals surface area contributed by atoms with E-state index < -0.39 is 16.0 Å². The van der Waals surface area contributed by atoms with E-state index in [1.54, 1.807) is 0 Å². The smallest absolute Gasteiger partial charge is 0.314 e. The number of nitro benzene ring substituents is 1. The third kappa shape index (κ3) is 1.61. The Morgan fingerprint density at radius 3 is 2.47 bits per heavy atom. The molecule has 1 aromatic heterocycles. The number of benzene rings is 1. The molecular weight excluding hydrogens is 226 g/mol. The lowest BCUT2D eigenvalue weighted by atomic mass is 10.1. The summed E-state index contributed by atoms with van der Waals surface area (Å²) in [5, 5.41) is 10.8. The zero-order chi connectivity index (χ0) is 12.7. The number of H-pyrrole nitrogens is 2. The molecule has 87 valence electrons. The highest BCUT2D eigenvalue weighted by atomic mass is 16.6. The number of aromatic nitrogens is 2. The lowest BCUT2D eigenvalue weighted by Crippen LogP contribution is -2.29. The van der Waals surface area contributed by atoms with Gasteiger partial charge in [0.1, 0.15) is 0 Å². The van der Waals surface area contributed by atoms with Crippen molar-refractivity contribution in [1.82, 2.24) is 9.97 Å². The average molecular weight is 234 g/mol. The van der Waals surface area contributed by atoms with E-state index in [1.165, 1.54) is 13.0 Å². The predicted molar refractivity (Wildman–Crippen MR) is 61.0 cm³/mol. The highest BCUT2D eigenvalue weighted by Gasteiger charge is 2.16. The highest BCUT2D eigenvalue weighted by Crippen LogP contribution is 2.26. The van der Waals surface area contributed by atoms with Gasteiger partial charge < -0.3 is 9.97 Å². The number of nitrogens with zero attached hydrogens (tertiary/aromatic N) is 1. The van der Waals surface area contributed by atoms with Crippen LogP contribution in [0.25, 0.3) is 11.0 Å². The second-order valence-corrected chi connectivity index (χ2v) is 3.59. The molecule has 0 atom stereocenters. The van der Waals surface area contributed by atoms with Gasteiger partial charge in [-0.1, -0.05) is 0 Å². The molecule has 2 rings (SSSR count). The number of rotatable bonds is 1. The van der Waals surface area contributed by atoms with Crippen LogP contribution in [-0.2, 0) is 0 Å². The van der Waals surface area contributed by atoms with Gasteiger partial charge in [-0.3, -0.25) is 19.7 Å². The second kappa shape index (κ2) is 3.55. The Morgan fingerprint density at radius 2 is 1.88 bits per heavy atom. The van der Waals surface area contributed by atoms with E-state index in [4.69, 9.17) is 0 Å². The van der Waals surface area contributed by atoms with Crippen LogP contribution in [0.15, 0.2) is 15.7 Å². The van der Waals surface area contributed by atoms with E-state index in [-0.39, 0.29) is 11.2 Å². The molecular formula is C10H8N3O4. The fraction of sp³-hybridized carbons (Fsp3) is 0.100. The molecule has 0 bridgehead atoms. The van der Waals surface area contributed by atoms with E-state index in [1.807, 2.05) is 0 Å². The number of nitrogens with one attached hydrogen (secondary N) is 2. The van der Waals surface area contributed by atoms with Gasteiger partial charge in [0.25, 0.3) is 5.69 Å². The van der Waals surface area contributed by atoms with Crippen LogP contribution in [0.5, 0.6) is 0 Å². The largest absolute Gasteiger partial charge is 0.316 e. The summed E-state index contributed by atoms with van der Waals surface area (Å²) in [5.74, 6) is 0. The Kier molecular flexibility index (Phi) is 2.31. The third-order valence-corrected chi connectivity index (χ3v) is 2.58. The topological polar surface area (TPSA) is 109 Å². The number of aromatic amines is 2. The van der Waals surface area contributed by atoms with E-state index >= 15 is 0 Å². The van der Waals surface area contributed by atoms with Gasteiger partial charge in [0, 0.05) is 11.6 Å². The average Bonchev–Trinajstić information content (AvgIpc) is 2.26. The van der Waals surface area contributed by atoms with Crippen LogP contribution >= 0.6 is 0 Å². The van der Waals surface area contributed by atoms with E-state index in [0.29, 0.717) is 16.6 Å². The first-order valence-corrected chi connectivity index (χ1v) is 4.68. The summed E-state index contributed by atoms with van der Waals surface area (Å²) in [6.45, 7) is 5.20. The van der Waals surface area contributed by atoms with Gasteiger partial charge in [0.05, 0.1) is 16.0 Å². The first kappa shape index (κ1) is 11.1. The summed E-state index contributed by atoms with van der Waals surface area (Å²) < 4.78 is 0. The quantitative estimate of drug-likeness (QED) is 0.428. The van der Waals surface area contributed by atoms with Crippen molar-refractivity contribution < 1.29 is 4.92 Å². The maximum Gasteiger partial charge on any atom is 0.314 e. The molecule has 0 unspecified atom stereocenters. The summed E-state index contributed by atoms with van der Waals surface area (Å²) >= 11 is 0. The minimum atomic E-state index is -0.852. The second-order valence-electron chi connectivity index (χ2n) is 3.59. The Morgan fingerprint density at radius 1 is 1.29 bits per heavy atom. The van der Waals surface area contributed by atoms with Gasteiger partial charge in [-0.15, -0.1) is 0 Å². The monoisotopic (exact) mass is 234 g/mol. The van der Waals surface area contributed by atoms with Gasteiger partial charge in [0.15, 0.2) is 0 Å². The molecule has 0 aliphatic heterocycles. The first-order valence-electron chi connectivity index (χ1n) is 4.68. The highest BCUT2D eigenvalue weighted by molar-refractivity contribution is 5.83. The lowest BCUT2D eigenvalue weighted by molar-refractivity contribution is -0.385. The summed E-state index contributed by atoms with van der Waals surface area (Å²) in [5.41, 5.74) is -0.641. The molecule has 2 aromatic rings. The Labute approximate surface area is 94.3 Å². The standard InChI is InChI=1S/C10H8N3O4/c1-4-5(2)8-6(3-7(4)13(16)17)11-9(14)10(15)12-8/h3H,2H2,1H3,(H,11,14)(H,12,15). The van der Waals surface area contributed by atoms with Crippen molar-refractivity contribution in [3.05, 3.63) is 54.9 Å². The van der Waals surface area contributed by atoms with Crippen LogP contribution in [0.1, 0.15) is 11.1 Å². The SMILES string of the molecule is [CH2]c1c(C)c([N+](=O)[O-])cc2[nH]c(=O)c(=O)[nH]c12. The van der Waals surface area contributed by atoms with Crippen molar-refractivity contribution in [1.29, 1.82) is 0 Å². The predicted octanol–water partition coefficient (Wildman–Crippen LogP) is 0.615. The molecule has 1 radical (unpaired) electrons. The molecule has 0 saturated carbocycles. The fourth-order valence-corrected chi connectivity index (χ4v) is 1.60. The Balaban J connectivity index is 3.01. The molecule has 7 nitrogen and oxygen atoms in total. The van der Waals surface area contributed by atoms with Crippen molar-refractivity contribution in [2.24, 2.45) is 0 Å². The molecule has 0 saturated heterocycles. The lowest BCUT2D eigenvalue weighted by Gasteiger charge is -2.05. The molecule has 1 heterocycles. The summed E-state index contributed by atoms with van der Waals surface area (Å²) in [4.78, 5) is 37.1. The van der Waals surface area contributed by atoms with Crippen molar-refractivity contribution in [3.63, 3.8) is 0 Å². The van der Waals surface area contributed by atoms with Crippen LogP contribution in [0.4, 0.5) is 5.69 Å². The minimum absolute atomic E-state index is 0.148. The molecule has 0 spiro atoms. The molecule has 0 aliphatic carbocycles. The molecule has 17 heavy (non-hydrogen) atoms. The first-order chi connectivity index (χ1) is 7.91. The van der Waals surface area contributed by atoms with Gasteiger partial charge >= 0.3 is 11.1 Å². The van der Waals surface area contributed by atoms with Gasteiger partial charge in [-0.05, 0) is 19.4 Å². The van der Waals surface area contributed by atoms with Crippen molar-refractivity contribution in [2.45, 2.75) is 6.92 Å². The molecule has 0 amide bonds. The number of hydrogen-bond acceptors (Lipinski definition) is 4. The molecule has 1 aromatic carbocycles. The van der Waals surface area contributed by atoms with Gasteiger partial charge in [-0.25, -0.2) is 0 Å². The third-order valence-electron chi connectivity index (χ3n) is 2.58. The van der Waals surface area contributed by atoms with E-state index in [9.17, 15) is 19.7 Å². The van der Waals surface area contributed by atoms with Crippen LogP contribution in [-0.4, -0.2) is 14.9 Å². The van der Waals surface area contributed by atoms with Crippen LogP contribution in [0.3, 0.4) is 0 Å². The van der Waals surface area contributed by atoms with E-state index in [2.05, 4.69) is 16.9 Å². The summed E-state index contributed by atoms with van der Waals surface area (Å²) in [6.07, 6.45) is 0. The molecule has 0 fully saturated rings. The number of hydrogen-bond donors (Lipinski definition) is 2. The summed E-state index contributed by atoms with van der Waals surface area (Å²) in [6, 6.07) is 1.21. The maximum absolute atomic E-state index is 11.2. The Hall–Kier alpha value is -2.44. The zero-order valence-electron chi connectivity index (χ0n) is 8.86.